The van der Waals surface area contributed by atoms with Crippen molar-refractivity contribution in [2.24, 2.45) is 5.73 Å². The van der Waals surface area contributed by atoms with Crippen molar-refractivity contribution in [2.75, 3.05) is 0 Å². The van der Waals surface area contributed by atoms with E-state index in [2.05, 4.69) is 0 Å². The summed E-state index contributed by atoms with van der Waals surface area (Å²) in [5.74, 6) is 0. The first kappa shape index (κ1) is 1.86. The van der Waals surface area contributed by atoms with Crippen LogP contribution in [0.25, 0.3) is 0 Å². The molecule has 0 radical (unpaired) electrons. The molecule has 0 spiro atoms. The van der Waals surface area contributed by atoms with Crippen LogP contribution in [0.1, 0.15) is 34.5 Å². The van der Waals surface area contributed by atoms with E-state index in [-0.39, 0.29) is 11.1 Å². The molecule has 1 aromatic rings. The fourth-order valence-corrected chi connectivity index (χ4v) is 0.876. The summed E-state index contributed by atoms with van der Waals surface area (Å²) in [6, 6.07) is -3.55. The monoisotopic (exact) mass is 141 g/mol. The molecule has 0 fully saturated rings. The molecule has 10 heavy (non-hydrogen) atoms. The Morgan fingerprint density at radius 3 is 3.30 bits per heavy atom. The van der Waals surface area contributed by atoms with E-state index >= 15 is 0 Å². The summed E-state index contributed by atoms with van der Waals surface area (Å²) in [6.45, 7) is 0. The first-order valence-electron chi connectivity index (χ1n) is 6.91. The maximum absolute atomic E-state index is 7.77. The lowest BCUT2D eigenvalue weighted by atomic mass is 10.1. The van der Waals surface area contributed by atoms with Crippen LogP contribution in [0.3, 0.4) is 0 Å². The molecule has 1 nitrogen and oxygen atoms in total. The smallest absolute Gasteiger partial charge is 0.0626 e. The molecular weight excluding hydrogens is 122 g/mol. The minimum Gasteiger partial charge on any atom is -0.324 e. The third-order valence-corrected chi connectivity index (χ3v) is 1.38. The number of rotatable bonds is 0. The van der Waals surface area contributed by atoms with Gasteiger partial charge in [-0.2, -0.15) is 0 Å². The number of fused-ring (bicyclic) bond motifs is 1. The van der Waals surface area contributed by atoms with Gasteiger partial charge in [-0.1, -0.05) is 24.2 Å². The van der Waals surface area contributed by atoms with Crippen molar-refractivity contribution in [3.05, 3.63) is 35.3 Å². The molecular formula is C9H11N. The number of hydrogen-bond acceptors (Lipinski definition) is 1. The molecule has 0 aromatic heterocycles. The van der Waals surface area contributed by atoms with Gasteiger partial charge in [-0.05, 0) is 23.9 Å². The molecule has 2 N–H and O–H groups in total. The molecule has 1 aliphatic carbocycles. The molecule has 0 unspecified atom stereocenters. The largest absolute Gasteiger partial charge is 0.324 e. The number of nitrogens with two attached hydrogens (primary N) is 1. The van der Waals surface area contributed by atoms with Crippen LogP contribution in [-0.4, -0.2) is 0 Å². The molecule has 0 amide bonds. The molecule has 1 aromatic carbocycles. The van der Waals surface area contributed by atoms with Gasteiger partial charge < -0.3 is 5.73 Å². The summed E-state index contributed by atoms with van der Waals surface area (Å²) in [6.07, 6.45) is -5.01. The molecule has 0 saturated carbocycles. The lowest BCUT2D eigenvalue weighted by Crippen LogP contribution is -2.04. The van der Waals surface area contributed by atoms with Crippen LogP contribution in [0.2, 0.25) is 0 Å². The summed E-state index contributed by atoms with van der Waals surface area (Å²) in [5, 5.41) is 0. The summed E-state index contributed by atoms with van der Waals surface area (Å²) in [7, 11) is 0. The molecule has 52 valence electrons. The molecule has 0 bridgehead atoms. The third kappa shape index (κ3) is 0.745. The van der Waals surface area contributed by atoms with Gasteiger partial charge in [0, 0.05) is 11.5 Å². The Bertz CT molecular complexity index is 538. The highest BCUT2D eigenvalue weighted by Gasteiger charge is 2.16. The second kappa shape index (κ2) is 2.10. The quantitative estimate of drug-likeness (QED) is 0.584. The molecule has 1 heteroatoms. The van der Waals surface area contributed by atoms with Crippen LogP contribution in [-0.2, 0) is 6.37 Å². The van der Waals surface area contributed by atoms with E-state index in [0.29, 0.717) is 0 Å². The first-order valence-corrected chi connectivity index (χ1v) is 2.91. The molecule has 1 atom stereocenters. The van der Waals surface area contributed by atoms with E-state index in [9.17, 15) is 0 Å². The van der Waals surface area contributed by atoms with Crippen LogP contribution in [0.4, 0.5) is 0 Å². The highest BCUT2D eigenvalue weighted by atomic mass is 14.6. The average molecular weight is 141 g/mol. The van der Waals surface area contributed by atoms with Crippen molar-refractivity contribution in [3.8, 4) is 0 Å². The van der Waals surface area contributed by atoms with Crippen molar-refractivity contribution in [2.45, 2.75) is 18.8 Å². The van der Waals surface area contributed by atoms with E-state index in [4.69, 9.17) is 16.7 Å². The standard InChI is InChI=1S/C9H11N/c10-9-6-5-7-3-1-2-4-8(7)9/h1-4,9H,5-6,10H2/t9-/m0/s1/i1D,2D,3D,4D,5D2,6D2. The summed E-state index contributed by atoms with van der Waals surface area (Å²) in [4.78, 5) is 0. The van der Waals surface area contributed by atoms with Gasteiger partial charge >= 0.3 is 0 Å². The Morgan fingerprint density at radius 2 is 2.40 bits per heavy atom. The topological polar surface area (TPSA) is 26.0 Å². The normalized spacial score (nSPS) is 44.3. The third-order valence-electron chi connectivity index (χ3n) is 1.38. The van der Waals surface area contributed by atoms with Crippen LogP contribution < -0.4 is 5.73 Å². The predicted octanol–water partition coefficient (Wildman–Crippen LogP) is 1.63. The highest BCUT2D eigenvalue weighted by Crippen LogP contribution is 2.28. The van der Waals surface area contributed by atoms with E-state index in [1.54, 1.807) is 0 Å². The van der Waals surface area contributed by atoms with E-state index in [1.807, 2.05) is 0 Å². The SMILES string of the molecule is [2H]c1c([2H])c([2H])c2c(c1[2H])[C@@H](N)C([2H])([2H])C2([2H])[2H]. The average Bonchev–Trinajstić information content (AvgIpc) is 2.41. The van der Waals surface area contributed by atoms with E-state index in [1.165, 1.54) is 0 Å². The summed E-state index contributed by atoms with van der Waals surface area (Å²) < 4.78 is 61.3. The Balaban J connectivity index is 2.93. The molecule has 2 rings (SSSR count). The molecule has 0 heterocycles. The van der Waals surface area contributed by atoms with E-state index in [0.717, 1.165) is 0 Å². The second-order valence-corrected chi connectivity index (χ2v) is 2.04. The lowest BCUT2D eigenvalue weighted by molar-refractivity contribution is 0.713. The van der Waals surface area contributed by atoms with Gasteiger partial charge in [-0.25, -0.2) is 0 Å². The van der Waals surface area contributed by atoms with Crippen molar-refractivity contribution >= 4 is 0 Å². The van der Waals surface area contributed by atoms with Gasteiger partial charge in [0.1, 0.15) is 0 Å². The lowest BCUT2D eigenvalue weighted by Gasteiger charge is -2.01. The Labute approximate surface area is 72.1 Å². The molecule has 0 saturated heterocycles. The van der Waals surface area contributed by atoms with Crippen LogP contribution in [0.15, 0.2) is 24.2 Å². The number of hydrogen-bond donors (Lipinski definition) is 1. The minimum absolute atomic E-state index is 0.170. The van der Waals surface area contributed by atoms with Crippen molar-refractivity contribution in [1.29, 1.82) is 0 Å². The van der Waals surface area contributed by atoms with Gasteiger partial charge in [0.15, 0.2) is 0 Å². The van der Waals surface area contributed by atoms with Crippen molar-refractivity contribution < 1.29 is 11.0 Å². The van der Waals surface area contributed by atoms with Crippen LogP contribution in [0, 0.1) is 0 Å². The van der Waals surface area contributed by atoms with E-state index < -0.39 is 43.0 Å². The summed E-state index contributed by atoms with van der Waals surface area (Å²) in [5.41, 5.74) is 5.09. The Kier molecular flexibility index (Phi) is 0.390. The predicted molar refractivity (Wildman–Crippen MR) is 41.7 cm³/mol. The van der Waals surface area contributed by atoms with Gasteiger partial charge in [0.25, 0.3) is 0 Å². The molecule has 0 aliphatic heterocycles. The summed E-state index contributed by atoms with van der Waals surface area (Å²) >= 11 is 0. The minimum atomic E-state index is -2.54. The first-order chi connectivity index (χ1) is 8.05. The fraction of sp³-hybridized carbons (Fsp3) is 0.333. The number of benzene rings is 1. The van der Waals surface area contributed by atoms with Crippen LogP contribution in [0.5, 0.6) is 0 Å². The maximum Gasteiger partial charge on any atom is 0.0626 e. The van der Waals surface area contributed by atoms with Crippen molar-refractivity contribution in [1.82, 2.24) is 0 Å². The zero-order chi connectivity index (χ0) is 14.0. The zero-order valence-corrected chi connectivity index (χ0v) is 5.15. The van der Waals surface area contributed by atoms with Gasteiger partial charge in [0.05, 0.1) is 5.48 Å². The van der Waals surface area contributed by atoms with Crippen LogP contribution >= 0.6 is 0 Å². The van der Waals surface area contributed by atoms with Gasteiger partial charge in [-0.3, -0.25) is 0 Å². The second-order valence-electron chi connectivity index (χ2n) is 2.04. The highest BCUT2D eigenvalue weighted by molar-refractivity contribution is 5.33. The molecule has 1 aliphatic rings. The zero-order valence-electron chi connectivity index (χ0n) is 13.2. The Hall–Kier alpha value is -0.820. The fourth-order valence-electron chi connectivity index (χ4n) is 0.876. The van der Waals surface area contributed by atoms with Crippen molar-refractivity contribution in [3.63, 3.8) is 0 Å². The van der Waals surface area contributed by atoms with Gasteiger partial charge in [0.2, 0.25) is 0 Å². The van der Waals surface area contributed by atoms with Gasteiger partial charge in [-0.15, -0.1) is 0 Å². The maximum atomic E-state index is 7.77. The Morgan fingerprint density at radius 1 is 1.60 bits per heavy atom.